The summed E-state index contributed by atoms with van der Waals surface area (Å²) in [6.07, 6.45) is 5.48. The summed E-state index contributed by atoms with van der Waals surface area (Å²) in [4.78, 5) is 29.0. The van der Waals surface area contributed by atoms with E-state index in [1.807, 2.05) is 0 Å². The van der Waals surface area contributed by atoms with Crippen LogP contribution in [0.2, 0.25) is 0 Å². The Hall–Kier alpha value is -2.42. The van der Waals surface area contributed by atoms with Crippen molar-refractivity contribution in [2.45, 2.75) is 75.5 Å². The minimum Gasteiger partial charge on any atom is -0.451 e. The van der Waals surface area contributed by atoms with Crippen LogP contribution in [0.5, 0.6) is 0 Å². The van der Waals surface area contributed by atoms with Crippen molar-refractivity contribution in [3.8, 4) is 0 Å². The molecule has 158 valence electrons. The lowest BCUT2D eigenvalue weighted by atomic mass is 10.1. The van der Waals surface area contributed by atoms with Crippen LogP contribution in [0.15, 0.2) is 34.2 Å². The number of esters is 1. The Morgan fingerprint density at radius 2 is 1.79 bits per heavy atom. The van der Waals surface area contributed by atoms with Gasteiger partial charge in [-0.2, -0.15) is 0 Å². The Bertz CT molecular complexity index is 904. The van der Waals surface area contributed by atoms with E-state index in [4.69, 9.17) is 4.74 Å². The average molecular weight is 422 g/mol. The Labute approximate surface area is 171 Å². The molecule has 0 bridgehead atoms. The summed E-state index contributed by atoms with van der Waals surface area (Å²) in [5.41, 5.74) is 0.409. The first-order valence-corrected chi connectivity index (χ1v) is 11.5. The molecule has 3 rings (SSSR count). The van der Waals surface area contributed by atoms with Gasteiger partial charge in [0.25, 0.3) is 15.9 Å². The van der Waals surface area contributed by atoms with Crippen LogP contribution >= 0.6 is 0 Å². The van der Waals surface area contributed by atoms with Crippen LogP contribution in [-0.2, 0) is 24.3 Å². The zero-order valence-corrected chi connectivity index (χ0v) is 17.5. The molecule has 1 aliphatic carbocycles. The maximum absolute atomic E-state index is 12.4. The third kappa shape index (κ3) is 5.14. The zero-order valence-electron chi connectivity index (χ0n) is 16.7. The summed E-state index contributed by atoms with van der Waals surface area (Å²) in [6.45, 7) is 3.03. The third-order valence-electron chi connectivity index (χ3n) is 5.19. The zero-order chi connectivity index (χ0) is 21.0. The molecule has 0 spiro atoms. The Balaban J connectivity index is 1.60. The van der Waals surface area contributed by atoms with Crippen molar-refractivity contribution >= 4 is 27.7 Å². The SMILES string of the molecule is C[C@H](N=C1NS(=O)(=O)c2ccccc21)C(=O)O[C@@H](C)C(=O)NC1CCCCCC1. The number of rotatable bonds is 5. The molecule has 1 fully saturated rings. The second-order valence-corrected chi connectivity index (χ2v) is 9.18. The van der Waals surface area contributed by atoms with E-state index in [-0.39, 0.29) is 22.7 Å². The number of carbonyl (C=O) groups excluding carboxylic acids is 2. The number of amidine groups is 1. The van der Waals surface area contributed by atoms with E-state index >= 15 is 0 Å². The predicted octanol–water partition coefficient (Wildman–Crippen LogP) is 1.88. The van der Waals surface area contributed by atoms with Gasteiger partial charge in [0.1, 0.15) is 11.9 Å². The molecule has 1 aliphatic heterocycles. The Kier molecular flexibility index (Phi) is 6.56. The third-order valence-corrected chi connectivity index (χ3v) is 6.59. The maximum atomic E-state index is 12.4. The average Bonchev–Trinajstić information content (AvgIpc) is 2.84. The molecule has 9 heteroatoms. The fourth-order valence-electron chi connectivity index (χ4n) is 3.54. The minimum atomic E-state index is -3.68. The lowest BCUT2D eigenvalue weighted by molar-refractivity contribution is -0.155. The predicted molar refractivity (Wildman–Crippen MR) is 108 cm³/mol. The molecule has 2 atom stereocenters. The van der Waals surface area contributed by atoms with Crippen LogP contribution in [0.1, 0.15) is 57.9 Å². The normalized spacial score (nSPS) is 22.1. The van der Waals surface area contributed by atoms with E-state index in [1.54, 1.807) is 18.2 Å². The number of sulfonamides is 1. The van der Waals surface area contributed by atoms with Crippen LogP contribution in [0.25, 0.3) is 0 Å². The number of nitrogens with one attached hydrogen (secondary N) is 2. The van der Waals surface area contributed by atoms with Crippen LogP contribution in [0.3, 0.4) is 0 Å². The first-order chi connectivity index (χ1) is 13.8. The summed E-state index contributed by atoms with van der Waals surface area (Å²) in [5, 5.41) is 2.96. The number of hydrogen-bond donors (Lipinski definition) is 2. The fourth-order valence-corrected chi connectivity index (χ4v) is 4.78. The topological polar surface area (TPSA) is 114 Å². The highest BCUT2D eigenvalue weighted by Crippen LogP contribution is 2.22. The molecule has 1 heterocycles. The molecule has 1 saturated carbocycles. The molecule has 2 aliphatic rings. The largest absolute Gasteiger partial charge is 0.451 e. The van der Waals surface area contributed by atoms with Gasteiger partial charge >= 0.3 is 5.97 Å². The number of benzene rings is 1. The molecule has 29 heavy (non-hydrogen) atoms. The molecular weight excluding hydrogens is 394 g/mol. The standard InChI is InChI=1S/C20H27N3O5S/c1-13(21-18-16-11-7-8-12-17(16)29(26,27)23-18)20(25)28-14(2)19(24)22-15-9-5-3-4-6-10-15/h7-8,11-15H,3-6,9-10H2,1-2H3,(H,21,23)(H,22,24)/t13-,14-/m0/s1. The number of fused-ring (bicyclic) bond motifs is 1. The second-order valence-electron chi connectivity index (χ2n) is 7.53. The summed E-state index contributed by atoms with van der Waals surface area (Å²) in [7, 11) is -3.68. The fraction of sp³-hybridized carbons (Fsp3) is 0.550. The summed E-state index contributed by atoms with van der Waals surface area (Å²) in [6, 6.07) is 5.56. The molecular formula is C20H27N3O5S. The smallest absolute Gasteiger partial charge is 0.331 e. The van der Waals surface area contributed by atoms with Crippen molar-refractivity contribution < 1.29 is 22.7 Å². The molecule has 8 nitrogen and oxygen atoms in total. The van der Waals surface area contributed by atoms with E-state index < -0.39 is 28.1 Å². The molecule has 1 aromatic rings. The van der Waals surface area contributed by atoms with Gasteiger partial charge in [0.05, 0.1) is 4.90 Å². The van der Waals surface area contributed by atoms with Gasteiger partial charge in [-0.3, -0.25) is 14.5 Å². The number of aliphatic imine (C=N–C) groups is 1. The van der Waals surface area contributed by atoms with Gasteiger partial charge in [-0.15, -0.1) is 0 Å². The first-order valence-electron chi connectivity index (χ1n) is 9.99. The van der Waals surface area contributed by atoms with Gasteiger partial charge in [0.2, 0.25) is 0 Å². The molecule has 0 saturated heterocycles. The van der Waals surface area contributed by atoms with Crippen molar-refractivity contribution in [3.05, 3.63) is 29.8 Å². The Morgan fingerprint density at radius 1 is 1.14 bits per heavy atom. The number of nitrogens with zero attached hydrogens (tertiary/aromatic N) is 1. The van der Waals surface area contributed by atoms with Crippen LogP contribution in [0.4, 0.5) is 0 Å². The summed E-state index contributed by atoms with van der Waals surface area (Å²) in [5.74, 6) is -0.915. The number of ether oxygens (including phenoxy) is 1. The number of amides is 1. The first kappa shape index (κ1) is 21.3. The molecule has 0 aromatic heterocycles. The van der Waals surface area contributed by atoms with Crippen LogP contribution < -0.4 is 10.0 Å². The number of carbonyl (C=O) groups is 2. The molecule has 0 unspecified atom stereocenters. The van der Waals surface area contributed by atoms with Crippen molar-refractivity contribution in [3.63, 3.8) is 0 Å². The molecule has 2 N–H and O–H groups in total. The minimum absolute atomic E-state index is 0.0978. The lowest BCUT2D eigenvalue weighted by Gasteiger charge is -2.20. The number of hydrogen-bond acceptors (Lipinski definition) is 6. The van der Waals surface area contributed by atoms with E-state index in [2.05, 4.69) is 15.0 Å². The van der Waals surface area contributed by atoms with Crippen LogP contribution in [0, 0.1) is 0 Å². The lowest BCUT2D eigenvalue weighted by Crippen LogP contribution is -2.42. The van der Waals surface area contributed by atoms with Crippen molar-refractivity contribution in [1.82, 2.24) is 10.0 Å². The monoisotopic (exact) mass is 421 g/mol. The van der Waals surface area contributed by atoms with Gasteiger partial charge < -0.3 is 10.1 Å². The van der Waals surface area contributed by atoms with E-state index in [9.17, 15) is 18.0 Å². The van der Waals surface area contributed by atoms with E-state index in [0.717, 1.165) is 25.7 Å². The molecule has 1 aromatic carbocycles. The summed E-state index contributed by atoms with van der Waals surface area (Å²) >= 11 is 0. The quantitative estimate of drug-likeness (QED) is 0.557. The van der Waals surface area contributed by atoms with E-state index in [0.29, 0.717) is 5.56 Å². The molecule has 0 radical (unpaired) electrons. The van der Waals surface area contributed by atoms with Crippen LogP contribution in [-0.4, -0.2) is 44.3 Å². The second kappa shape index (κ2) is 8.94. The van der Waals surface area contributed by atoms with Gasteiger partial charge in [0.15, 0.2) is 6.10 Å². The highest BCUT2D eigenvalue weighted by atomic mass is 32.2. The highest BCUT2D eigenvalue weighted by molar-refractivity contribution is 7.90. The van der Waals surface area contributed by atoms with Gasteiger partial charge in [0, 0.05) is 11.6 Å². The van der Waals surface area contributed by atoms with Crippen molar-refractivity contribution in [2.24, 2.45) is 4.99 Å². The van der Waals surface area contributed by atoms with Crippen molar-refractivity contribution in [2.75, 3.05) is 0 Å². The van der Waals surface area contributed by atoms with Gasteiger partial charge in [-0.1, -0.05) is 37.8 Å². The van der Waals surface area contributed by atoms with Gasteiger partial charge in [-0.05, 0) is 38.8 Å². The van der Waals surface area contributed by atoms with E-state index in [1.165, 1.54) is 32.8 Å². The summed E-state index contributed by atoms with van der Waals surface area (Å²) < 4.78 is 31.9. The van der Waals surface area contributed by atoms with Crippen molar-refractivity contribution in [1.29, 1.82) is 0 Å². The van der Waals surface area contributed by atoms with Gasteiger partial charge in [-0.25, -0.2) is 13.2 Å². The molecule has 1 amide bonds. The Morgan fingerprint density at radius 3 is 2.48 bits per heavy atom. The maximum Gasteiger partial charge on any atom is 0.331 e. The highest BCUT2D eigenvalue weighted by Gasteiger charge is 2.32.